The molecule has 0 saturated carbocycles. The summed E-state index contributed by atoms with van der Waals surface area (Å²) in [5, 5.41) is 8.72. The lowest BCUT2D eigenvalue weighted by Crippen LogP contribution is -2.23. The second kappa shape index (κ2) is 4.70. The topological polar surface area (TPSA) is 63.3 Å². The summed E-state index contributed by atoms with van der Waals surface area (Å²) in [6.07, 6.45) is -4.86. The molecule has 0 aliphatic rings. The first-order chi connectivity index (χ1) is 7.79. The van der Waals surface area contributed by atoms with Crippen LogP contribution in [0.15, 0.2) is 18.2 Å². The van der Waals surface area contributed by atoms with Crippen LogP contribution >= 0.6 is 0 Å². The van der Waals surface area contributed by atoms with Gasteiger partial charge in [-0.1, -0.05) is 12.1 Å². The molecule has 0 aromatic heterocycles. The van der Waals surface area contributed by atoms with E-state index < -0.39 is 41.6 Å². The maximum absolute atomic E-state index is 13.5. The summed E-state index contributed by atoms with van der Waals surface area (Å²) in [5.74, 6) is -4.54. The fourth-order valence-corrected chi connectivity index (χ4v) is 1.40. The summed E-state index contributed by atoms with van der Waals surface area (Å²) < 4.78 is 50.7. The van der Waals surface area contributed by atoms with Gasteiger partial charge in [-0.2, -0.15) is 13.2 Å². The van der Waals surface area contributed by atoms with Gasteiger partial charge < -0.3 is 10.8 Å². The zero-order chi connectivity index (χ0) is 13.2. The van der Waals surface area contributed by atoms with Crippen LogP contribution in [0.3, 0.4) is 0 Å². The molecule has 1 atom stereocenters. The molecule has 0 spiro atoms. The SMILES string of the molecule is NCC(C(=O)O)c1cccc(C(F)(F)F)c1F. The maximum Gasteiger partial charge on any atom is 0.419 e. The number of halogens is 4. The van der Waals surface area contributed by atoms with Crippen molar-refractivity contribution >= 4 is 5.97 Å². The van der Waals surface area contributed by atoms with Crippen molar-refractivity contribution < 1.29 is 27.5 Å². The molecule has 7 heteroatoms. The van der Waals surface area contributed by atoms with Gasteiger partial charge in [0, 0.05) is 12.1 Å². The first-order valence-electron chi connectivity index (χ1n) is 4.57. The van der Waals surface area contributed by atoms with E-state index in [9.17, 15) is 22.4 Å². The fraction of sp³-hybridized carbons (Fsp3) is 0.300. The van der Waals surface area contributed by atoms with Gasteiger partial charge in [0.15, 0.2) is 0 Å². The Kier molecular flexibility index (Phi) is 3.72. The molecule has 0 saturated heterocycles. The van der Waals surface area contributed by atoms with Crippen LogP contribution in [0.5, 0.6) is 0 Å². The first-order valence-corrected chi connectivity index (χ1v) is 4.57. The minimum atomic E-state index is -4.86. The number of alkyl halides is 3. The molecule has 1 unspecified atom stereocenters. The molecule has 0 amide bonds. The molecule has 1 rings (SSSR count). The second-order valence-corrected chi connectivity index (χ2v) is 3.33. The van der Waals surface area contributed by atoms with Crippen LogP contribution in [0.25, 0.3) is 0 Å². The smallest absolute Gasteiger partial charge is 0.419 e. The molecule has 0 aliphatic carbocycles. The number of carbonyl (C=O) groups is 1. The molecule has 3 nitrogen and oxygen atoms in total. The number of carboxylic acid groups (broad SMARTS) is 1. The Morgan fingerprint density at radius 1 is 1.41 bits per heavy atom. The lowest BCUT2D eigenvalue weighted by molar-refractivity contribution is -0.141. The van der Waals surface area contributed by atoms with Crippen LogP contribution in [0.2, 0.25) is 0 Å². The molecular weight excluding hydrogens is 242 g/mol. The van der Waals surface area contributed by atoms with Gasteiger partial charge in [0.25, 0.3) is 0 Å². The van der Waals surface area contributed by atoms with E-state index in [1.54, 1.807) is 0 Å². The quantitative estimate of drug-likeness (QED) is 0.807. The Bertz CT molecular complexity index is 431. The number of carboxylic acids is 1. The van der Waals surface area contributed by atoms with E-state index in [-0.39, 0.29) is 0 Å². The van der Waals surface area contributed by atoms with Crippen LogP contribution < -0.4 is 5.73 Å². The third-order valence-corrected chi connectivity index (χ3v) is 2.24. The summed E-state index contributed by atoms with van der Waals surface area (Å²) in [5.41, 5.74) is 3.05. The Morgan fingerprint density at radius 2 is 2.00 bits per heavy atom. The normalized spacial score (nSPS) is 13.5. The van der Waals surface area contributed by atoms with Crippen molar-refractivity contribution in [2.24, 2.45) is 5.73 Å². The average molecular weight is 251 g/mol. The van der Waals surface area contributed by atoms with Gasteiger partial charge in [0.2, 0.25) is 0 Å². The van der Waals surface area contributed by atoms with E-state index in [0.717, 1.165) is 12.1 Å². The maximum atomic E-state index is 13.5. The fourth-order valence-electron chi connectivity index (χ4n) is 1.40. The Balaban J connectivity index is 3.32. The number of benzene rings is 1. The monoisotopic (exact) mass is 251 g/mol. The van der Waals surface area contributed by atoms with Gasteiger partial charge in [0.05, 0.1) is 11.5 Å². The number of aliphatic carboxylic acids is 1. The van der Waals surface area contributed by atoms with Crippen molar-refractivity contribution in [1.82, 2.24) is 0 Å². The minimum absolute atomic E-state index is 0.479. The second-order valence-electron chi connectivity index (χ2n) is 3.33. The van der Waals surface area contributed by atoms with Crippen molar-refractivity contribution in [3.05, 3.63) is 35.1 Å². The largest absolute Gasteiger partial charge is 0.481 e. The van der Waals surface area contributed by atoms with Crippen LogP contribution in [-0.2, 0) is 11.0 Å². The molecule has 0 fully saturated rings. The molecule has 3 N–H and O–H groups in total. The van der Waals surface area contributed by atoms with Crippen molar-refractivity contribution in [1.29, 1.82) is 0 Å². The lowest BCUT2D eigenvalue weighted by atomic mass is 9.96. The molecule has 94 valence electrons. The van der Waals surface area contributed by atoms with Crippen LogP contribution in [0.1, 0.15) is 17.0 Å². The summed E-state index contributed by atoms with van der Waals surface area (Å²) in [4.78, 5) is 10.7. The standard InChI is InChI=1S/C10H9F4NO2/c11-8-5(6(4-15)9(16)17)2-1-3-7(8)10(12,13)14/h1-3,6H,4,15H2,(H,16,17). The molecule has 1 aromatic carbocycles. The molecule has 1 aromatic rings. The predicted octanol–water partition coefficient (Wildman–Crippen LogP) is 1.97. The van der Waals surface area contributed by atoms with E-state index in [2.05, 4.69) is 0 Å². The zero-order valence-electron chi connectivity index (χ0n) is 8.46. The summed E-state index contributed by atoms with van der Waals surface area (Å²) in [7, 11) is 0. The first kappa shape index (κ1) is 13.4. The lowest BCUT2D eigenvalue weighted by Gasteiger charge is -2.15. The van der Waals surface area contributed by atoms with Gasteiger partial charge in [-0.3, -0.25) is 4.79 Å². The summed E-state index contributed by atoms with van der Waals surface area (Å²) >= 11 is 0. The van der Waals surface area contributed by atoms with E-state index in [1.165, 1.54) is 0 Å². The summed E-state index contributed by atoms with van der Waals surface area (Å²) in [6, 6.07) is 2.48. The molecule has 0 aliphatic heterocycles. The number of rotatable bonds is 3. The Hall–Kier alpha value is -1.63. The highest BCUT2D eigenvalue weighted by atomic mass is 19.4. The van der Waals surface area contributed by atoms with Gasteiger partial charge in [-0.05, 0) is 6.07 Å². The third kappa shape index (κ3) is 2.73. The van der Waals surface area contributed by atoms with Gasteiger partial charge in [-0.25, -0.2) is 4.39 Å². The highest BCUT2D eigenvalue weighted by Gasteiger charge is 2.36. The van der Waals surface area contributed by atoms with E-state index in [4.69, 9.17) is 10.8 Å². The van der Waals surface area contributed by atoms with Crippen molar-refractivity contribution in [2.45, 2.75) is 12.1 Å². The van der Waals surface area contributed by atoms with Crippen LogP contribution in [0.4, 0.5) is 17.6 Å². The molecule has 0 radical (unpaired) electrons. The highest BCUT2D eigenvalue weighted by molar-refractivity contribution is 5.76. The van der Waals surface area contributed by atoms with Crippen molar-refractivity contribution in [3.63, 3.8) is 0 Å². The summed E-state index contributed by atoms with van der Waals surface area (Å²) in [6.45, 7) is -0.479. The minimum Gasteiger partial charge on any atom is -0.481 e. The molecular formula is C10H9F4NO2. The van der Waals surface area contributed by atoms with Gasteiger partial charge in [0.1, 0.15) is 5.82 Å². The third-order valence-electron chi connectivity index (χ3n) is 2.24. The number of hydrogen-bond acceptors (Lipinski definition) is 2. The van der Waals surface area contributed by atoms with Crippen molar-refractivity contribution in [2.75, 3.05) is 6.54 Å². The van der Waals surface area contributed by atoms with E-state index in [1.807, 2.05) is 0 Å². The average Bonchev–Trinajstić information content (AvgIpc) is 2.19. The predicted molar refractivity (Wildman–Crippen MR) is 50.8 cm³/mol. The number of hydrogen-bond donors (Lipinski definition) is 2. The zero-order valence-corrected chi connectivity index (χ0v) is 8.46. The molecule has 0 heterocycles. The van der Waals surface area contributed by atoms with Gasteiger partial charge in [-0.15, -0.1) is 0 Å². The Labute approximate surface area is 93.8 Å². The highest BCUT2D eigenvalue weighted by Crippen LogP contribution is 2.34. The molecule has 17 heavy (non-hydrogen) atoms. The number of nitrogens with two attached hydrogens (primary N) is 1. The van der Waals surface area contributed by atoms with Crippen LogP contribution in [-0.4, -0.2) is 17.6 Å². The van der Waals surface area contributed by atoms with Crippen molar-refractivity contribution in [3.8, 4) is 0 Å². The Morgan fingerprint density at radius 3 is 2.41 bits per heavy atom. The van der Waals surface area contributed by atoms with E-state index in [0.29, 0.717) is 6.07 Å². The van der Waals surface area contributed by atoms with E-state index >= 15 is 0 Å². The molecule has 0 bridgehead atoms. The van der Waals surface area contributed by atoms with Crippen LogP contribution in [0, 0.1) is 5.82 Å². The van der Waals surface area contributed by atoms with Gasteiger partial charge >= 0.3 is 12.1 Å².